The molecule has 1 rings (SSSR count). The number of rotatable bonds is 3. The van der Waals surface area contributed by atoms with Crippen molar-refractivity contribution in [2.24, 2.45) is 0 Å². The van der Waals surface area contributed by atoms with Crippen LogP contribution >= 0.6 is 0 Å². The van der Waals surface area contributed by atoms with Gasteiger partial charge in [-0.05, 0) is 6.42 Å². The average molecular weight is 140 g/mol. The van der Waals surface area contributed by atoms with Crippen LogP contribution in [0, 0.1) is 0 Å². The van der Waals surface area contributed by atoms with Gasteiger partial charge >= 0.3 is 0 Å². The maximum Gasteiger partial charge on any atom is 0.290 e. The second-order valence-corrected chi connectivity index (χ2v) is 1.92. The van der Waals surface area contributed by atoms with Gasteiger partial charge in [0.05, 0.1) is 0 Å². The first kappa shape index (κ1) is 6.92. The number of carbonyl (C=O) groups is 1. The minimum absolute atomic E-state index is 0.0588. The van der Waals surface area contributed by atoms with Gasteiger partial charge in [-0.25, -0.2) is 0 Å². The Morgan fingerprint density at radius 2 is 2.50 bits per heavy atom. The third kappa shape index (κ3) is 1.40. The SMILES string of the molecule is CCCc1noc(C=O)n1. The highest BCUT2D eigenvalue weighted by Crippen LogP contribution is 1.96. The fourth-order valence-electron chi connectivity index (χ4n) is 0.640. The summed E-state index contributed by atoms with van der Waals surface area (Å²) in [5, 5.41) is 3.56. The predicted octanol–water partition coefficient (Wildman–Crippen LogP) is 0.835. The van der Waals surface area contributed by atoms with Gasteiger partial charge in [-0.3, -0.25) is 4.79 Å². The van der Waals surface area contributed by atoms with Crippen LogP contribution in [0.3, 0.4) is 0 Å². The van der Waals surface area contributed by atoms with E-state index in [1.54, 1.807) is 0 Å². The monoisotopic (exact) mass is 140 g/mol. The van der Waals surface area contributed by atoms with E-state index in [0.29, 0.717) is 12.1 Å². The lowest BCUT2D eigenvalue weighted by molar-refractivity contribution is 0.108. The maximum absolute atomic E-state index is 10.0. The number of aromatic nitrogens is 2. The number of nitrogens with zero attached hydrogens (tertiary/aromatic N) is 2. The number of hydrogen-bond donors (Lipinski definition) is 0. The summed E-state index contributed by atoms with van der Waals surface area (Å²) in [6, 6.07) is 0. The second-order valence-electron chi connectivity index (χ2n) is 1.92. The molecule has 0 radical (unpaired) electrons. The molecule has 54 valence electrons. The molecule has 0 aliphatic heterocycles. The quantitative estimate of drug-likeness (QED) is 0.583. The molecular formula is C6H8N2O2. The van der Waals surface area contributed by atoms with Gasteiger partial charge < -0.3 is 4.52 Å². The fraction of sp³-hybridized carbons (Fsp3) is 0.500. The minimum atomic E-state index is 0.0588. The van der Waals surface area contributed by atoms with Gasteiger partial charge in [0.1, 0.15) is 0 Å². The molecule has 0 saturated carbocycles. The van der Waals surface area contributed by atoms with E-state index in [9.17, 15) is 4.79 Å². The normalized spacial score (nSPS) is 9.70. The van der Waals surface area contributed by atoms with Crippen molar-refractivity contribution < 1.29 is 9.32 Å². The summed E-state index contributed by atoms with van der Waals surface area (Å²) < 4.78 is 4.54. The summed E-state index contributed by atoms with van der Waals surface area (Å²) in [6.45, 7) is 2.01. The van der Waals surface area contributed by atoms with Crippen molar-refractivity contribution in [1.29, 1.82) is 0 Å². The molecule has 0 atom stereocenters. The van der Waals surface area contributed by atoms with Gasteiger partial charge in [0.25, 0.3) is 5.89 Å². The van der Waals surface area contributed by atoms with E-state index in [1.807, 2.05) is 6.92 Å². The number of hydrogen-bond acceptors (Lipinski definition) is 4. The van der Waals surface area contributed by atoms with E-state index in [-0.39, 0.29) is 5.89 Å². The molecule has 0 aromatic carbocycles. The molecule has 0 spiro atoms. The lowest BCUT2D eigenvalue weighted by Crippen LogP contribution is -1.85. The van der Waals surface area contributed by atoms with Crippen LogP contribution in [0.4, 0.5) is 0 Å². The molecule has 0 aliphatic rings. The van der Waals surface area contributed by atoms with Gasteiger partial charge in [-0.2, -0.15) is 4.98 Å². The first-order chi connectivity index (χ1) is 4.86. The van der Waals surface area contributed by atoms with Gasteiger partial charge in [-0.1, -0.05) is 12.1 Å². The van der Waals surface area contributed by atoms with E-state index in [1.165, 1.54) is 0 Å². The third-order valence-corrected chi connectivity index (χ3v) is 1.06. The van der Waals surface area contributed by atoms with E-state index in [2.05, 4.69) is 14.7 Å². The van der Waals surface area contributed by atoms with Crippen LogP contribution < -0.4 is 0 Å². The van der Waals surface area contributed by atoms with E-state index < -0.39 is 0 Å². The van der Waals surface area contributed by atoms with E-state index >= 15 is 0 Å². The molecule has 1 heterocycles. The van der Waals surface area contributed by atoms with Crippen LogP contribution in [0.2, 0.25) is 0 Å². The van der Waals surface area contributed by atoms with Crippen molar-refractivity contribution in [2.45, 2.75) is 19.8 Å². The molecule has 0 bridgehead atoms. The fourth-order valence-corrected chi connectivity index (χ4v) is 0.640. The highest BCUT2D eigenvalue weighted by atomic mass is 16.5. The Balaban J connectivity index is 2.68. The van der Waals surface area contributed by atoms with Gasteiger partial charge in [0.15, 0.2) is 5.82 Å². The molecule has 4 heteroatoms. The van der Waals surface area contributed by atoms with Crippen molar-refractivity contribution in [1.82, 2.24) is 10.1 Å². The number of aldehydes is 1. The Morgan fingerprint density at radius 1 is 1.70 bits per heavy atom. The van der Waals surface area contributed by atoms with Crippen LogP contribution in [0.5, 0.6) is 0 Å². The Morgan fingerprint density at radius 3 is 3.00 bits per heavy atom. The zero-order valence-electron chi connectivity index (χ0n) is 5.70. The Labute approximate surface area is 58.2 Å². The van der Waals surface area contributed by atoms with Gasteiger partial charge in [0, 0.05) is 6.42 Å². The molecule has 1 aromatic rings. The Kier molecular flexibility index (Phi) is 2.15. The maximum atomic E-state index is 10.0. The first-order valence-corrected chi connectivity index (χ1v) is 3.14. The van der Waals surface area contributed by atoms with Crippen LogP contribution in [0.15, 0.2) is 4.52 Å². The molecular weight excluding hydrogens is 132 g/mol. The number of aryl methyl sites for hydroxylation is 1. The molecule has 0 N–H and O–H groups in total. The lowest BCUT2D eigenvalue weighted by atomic mass is 10.3. The van der Waals surface area contributed by atoms with E-state index in [0.717, 1.165) is 12.8 Å². The lowest BCUT2D eigenvalue weighted by Gasteiger charge is -1.81. The topological polar surface area (TPSA) is 56.0 Å². The summed E-state index contributed by atoms with van der Waals surface area (Å²) >= 11 is 0. The van der Waals surface area contributed by atoms with Crippen LogP contribution in [0.25, 0.3) is 0 Å². The zero-order chi connectivity index (χ0) is 7.40. The summed E-state index contributed by atoms with van der Waals surface area (Å²) in [6.07, 6.45) is 2.27. The molecule has 0 aliphatic carbocycles. The number of carbonyl (C=O) groups excluding carboxylic acids is 1. The molecule has 10 heavy (non-hydrogen) atoms. The predicted molar refractivity (Wildman–Crippen MR) is 33.7 cm³/mol. The van der Waals surface area contributed by atoms with Crippen LogP contribution in [-0.2, 0) is 6.42 Å². The molecule has 0 saturated heterocycles. The Bertz CT molecular complexity index is 219. The molecule has 0 amide bonds. The minimum Gasteiger partial charge on any atom is -0.331 e. The van der Waals surface area contributed by atoms with Gasteiger partial charge in [0.2, 0.25) is 6.29 Å². The van der Waals surface area contributed by atoms with Crippen molar-refractivity contribution in [3.05, 3.63) is 11.7 Å². The Hall–Kier alpha value is -1.19. The summed E-state index contributed by atoms with van der Waals surface area (Å²) in [5.74, 6) is 0.660. The first-order valence-electron chi connectivity index (χ1n) is 3.14. The summed E-state index contributed by atoms with van der Waals surface area (Å²) in [7, 11) is 0. The average Bonchev–Trinajstić information content (AvgIpc) is 2.37. The van der Waals surface area contributed by atoms with Crippen molar-refractivity contribution >= 4 is 6.29 Å². The van der Waals surface area contributed by atoms with Crippen molar-refractivity contribution in [3.8, 4) is 0 Å². The van der Waals surface area contributed by atoms with Gasteiger partial charge in [-0.15, -0.1) is 0 Å². The summed E-state index contributed by atoms with van der Waals surface area (Å²) in [4.78, 5) is 13.8. The molecule has 4 nitrogen and oxygen atoms in total. The highest BCUT2D eigenvalue weighted by Gasteiger charge is 2.01. The molecule has 0 unspecified atom stereocenters. The molecule has 1 aromatic heterocycles. The second kappa shape index (κ2) is 3.10. The zero-order valence-corrected chi connectivity index (χ0v) is 5.70. The van der Waals surface area contributed by atoms with Crippen LogP contribution in [-0.4, -0.2) is 16.4 Å². The summed E-state index contributed by atoms with van der Waals surface area (Å²) in [5.41, 5.74) is 0. The van der Waals surface area contributed by atoms with Crippen molar-refractivity contribution in [3.63, 3.8) is 0 Å². The van der Waals surface area contributed by atoms with Crippen LogP contribution in [0.1, 0.15) is 29.9 Å². The standard InChI is InChI=1S/C6H8N2O2/c1-2-3-5-7-6(4-9)10-8-5/h4H,2-3H2,1H3. The largest absolute Gasteiger partial charge is 0.331 e. The van der Waals surface area contributed by atoms with E-state index in [4.69, 9.17) is 0 Å². The third-order valence-electron chi connectivity index (χ3n) is 1.06. The smallest absolute Gasteiger partial charge is 0.290 e. The molecule has 0 fully saturated rings. The highest BCUT2D eigenvalue weighted by molar-refractivity contribution is 5.66. The van der Waals surface area contributed by atoms with Crippen molar-refractivity contribution in [2.75, 3.05) is 0 Å².